The summed E-state index contributed by atoms with van der Waals surface area (Å²) in [5.41, 5.74) is 13.6. The lowest BCUT2D eigenvalue weighted by atomic mass is 9.83. The molecule has 52 heavy (non-hydrogen) atoms. The molecule has 0 N–H and O–H groups in total. The van der Waals surface area contributed by atoms with Crippen LogP contribution in [0.3, 0.4) is 0 Å². The van der Waals surface area contributed by atoms with Crippen molar-refractivity contribution in [2.75, 3.05) is 14.2 Å². The molecular formula is C48H42N2O2+2. The highest BCUT2D eigenvalue weighted by atomic mass is 16.5. The van der Waals surface area contributed by atoms with Crippen molar-refractivity contribution in [2.45, 2.75) is 0 Å². The second-order valence-corrected chi connectivity index (χ2v) is 12.8. The molecule has 0 radical (unpaired) electrons. The van der Waals surface area contributed by atoms with Crippen LogP contribution in [0.15, 0.2) is 183 Å². The molecule has 7 aromatic rings. The lowest BCUT2D eigenvalue weighted by Gasteiger charge is -2.20. The highest BCUT2D eigenvalue weighted by Gasteiger charge is 2.20. The first-order chi connectivity index (χ1) is 25.5. The Bertz CT molecular complexity index is 2210. The van der Waals surface area contributed by atoms with Crippen LogP contribution in [-0.4, -0.2) is 14.2 Å². The van der Waals surface area contributed by atoms with Gasteiger partial charge in [0.2, 0.25) is 0 Å². The SMILES string of the molecule is COc1ccc(C(=C(c2ccccc2)c2ccc(C(=C(c3cc[n+](C)cc3)c3cc[n+](C)cc3)c3ccccc3)cc2)c2ccc(OC)cc2)cc1. The first-order valence-corrected chi connectivity index (χ1v) is 17.4. The van der Waals surface area contributed by atoms with Crippen LogP contribution in [0.4, 0.5) is 0 Å². The molecule has 4 nitrogen and oxygen atoms in total. The number of aryl methyl sites for hydroxylation is 2. The molecule has 0 bridgehead atoms. The zero-order valence-corrected chi connectivity index (χ0v) is 30.0. The van der Waals surface area contributed by atoms with E-state index in [1.54, 1.807) is 14.2 Å². The van der Waals surface area contributed by atoms with Gasteiger partial charge < -0.3 is 9.47 Å². The van der Waals surface area contributed by atoms with Crippen LogP contribution in [0.2, 0.25) is 0 Å². The number of pyridine rings is 2. The van der Waals surface area contributed by atoms with E-state index in [0.717, 1.165) is 67.2 Å². The van der Waals surface area contributed by atoms with E-state index in [1.807, 2.05) is 24.3 Å². The molecule has 254 valence electrons. The van der Waals surface area contributed by atoms with Gasteiger partial charge in [0, 0.05) is 24.3 Å². The Morgan fingerprint density at radius 3 is 0.808 bits per heavy atom. The van der Waals surface area contributed by atoms with E-state index in [2.05, 4.69) is 181 Å². The molecular weight excluding hydrogens is 637 g/mol. The van der Waals surface area contributed by atoms with Gasteiger partial charge in [0.05, 0.1) is 14.2 Å². The van der Waals surface area contributed by atoms with E-state index in [-0.39, 0.29) is 0 Å². The Morgan fingerprint density at radius 1 is 0.308 bits per heavy atom. The first-order valence-electron chi connectivity index (χ1n) is 17.4. The molecule has 5 aromatic carbocycles. The van der Waals surface area contributed by atoms with Crippen LogP contribution in [-0.2, 0) is 14.1 Å². The van der Waals surface area contributed by atoms with E-state index in [9.17, 15) is 0 Å². The number of hydrogen-bond donors (Lipinski definition) is 0. The lowest BCUT2D eigenvalue weighted by molar-refractivity contribution is -0.671. The van der Waals surface area contributed by atoms with Crippen LogP contribution < -0.4 is 18.6 Å². The van der Waals surface area contributed by atoms with Crippen molar-refractivity contribution < 1.29 is 18.6 Å². The Kier molecular flexibility index (Phi) is 10.2. The Morgan fingerprint density at radius 2 is 0.538 bits per heavy atom. The highest BCUT2D eigenvalue weighted by molar-refractivity contribution is 6.06. The third kappa shape index (κ3) is 7.33. The minimum Gasteiger partial charge on any atom is -0.497 e. The number of rotatable bonds is 10. The second kappa shape index (κ2) is 15.6. The summed E-state index contributed by atoms with van der Waals surface area (Å²) in [5.74, 6) is 1.64. The zero-order valence-electron chi connectivity index (χ0n) is 30.0. The van der Waals surface area contributed by atoms with Crippen molar-refractivity contribution in [3.05, 3.63) is 227 Å². The second-order valence-electron chi connectivity index (χ2n) is 12.8. The van der Waals surface area contributed by atoms with Crippen molar-refractivity contribution in [1.82, 2.24) is 0 Å². The molecule has 0 fully saturated rings. The molecule has 0 unspecified atom stereocenters. The summed E-state index contributed by atoms with van der Waals surface area (Å²) in [6, 6.07) is 55.9. The Hall–Kier alpha value is -6.52. The third-order valence-electron chi connectivity index (χ3n) is 9.38. The van der Waals surface area contributed by atoms with Gasteiger partial charge in [0.25, 0.3) is 0 Å². The van der Waals surface area contributed by atoms with Crippen molar-refractivity contribution in [1.29, 1.82) is 0 Å². The summed E-state index contributed by atoms with van der Waals surface area (Å²) in [6.07, 6.45) is 8.45. The maximum absolute atomic E-state index is 5.54. The fourth-order valence-electron chi connectivity index (χ4n) is 6.69. The standard InChI is InChI=1S/C48H42N2O2/c1-49-31-27-41(28-32-49)48(42-29-33-50(2)34-30-42)46(36-13-9-6-10-14-36)38-17-15-37(16-18-38)45(35-11-7-5-8-12-35)47(39-19-23-43(51-3)24-20-39)40-21-25-44(52-4)26-22-40/h5-34H,1-4H3/q+2. The topological polar surface area (TPSA) is 26.2 Å². The van der Waals surface area contributed by atoms with E-state index < -0.39 is 0 Å². The smallest absolute Gasteiger partial charge is 0.169 e. The number of hydrogen-bond acceptors (Lipinski definition) is 2. The summed E-state index contributed by atoms with van der Waals surface area (Å²) in [4.78, 5) is 0. The fraction of sp³-hybridized carbons (Fsp3) is 0.0833. The monoisotopic (exact) mass is 678 g/mol. The third-order valence-corrected chi connectivity index (χ3v) is 9.38. The van der Waals surface area contributed by atoms with E-state index in [0.29, 0.717) is 0 Å². The van der Waals surface area contributed by atoms with Gasteiger partial charge in [-0.1, -0.05) is 109 Å². The molecule has 0 saturated carbocycles. The summed E-state index contributed by atoms with van der Waals surface area (Å²) in [7, 11) is 7.50. The molecule has 0 amide bonds. The summed E-state index contributed by atoms with van der Waals surface area (Å²) < 4.78 is 15.2. The first kappa shape index (κ1) is 34.0. The van der Waals surface area contributed by atoms with Crippen LogP contribution in [0.25, 0.3) is 22.3 Å². The molecule has 0 aliphatic heterocycles. The molecule has 0 aliphatic rings. The van der Waals surface area contributed by atoms with Gasteiger partial charge in [-0.05, 0) is 91.1 Å². The van der Waals surface area contributed by atoms with Gasteiger partial charge in [0.15, 0.2) is 24.8 Å². The number of methoxy groups -OCH3 is 2. The van der Waals surface area contributed by atoms with Crippen LogP contribution in [0, 0.1) is 0 Å². The van der Waals surface area contributed by atoms with Gasteiger partial charge in [-0.3, -0.25) is 0 Å². The largest absolute Gasteiger partial charge is 0.497 e. The predicted molar refractivity (Wildman–Crippen MR) is 211 cm³/mol. The van der Waals surface area contributed by atoms with E-state index >= 15 is 0 Å². The zero-order chi connectivity index (χ0) is 35.9. The van der Waals surface area contributed by atoms with Gasteiger partial charge >= 0.3 is 0 Å². The van der Waals surface area contributed by atoms with Crippen molar-refractivity contribution >= 4 is 22.3 Å². The normalized spacial score (nSPS) is 10.7. The van der Waals surface area contributed by atoms with Crippen molar-refractivity contribution in [3.63, 3.8) is 0 Å². The quantitative estimate of drug-likeness (QED) is 0.106. The number of benzene rings is 5. The summed E-state index contributed by atoms with van der Waals surface area (Å²) in [6.45, 7) is 0. The van der Waals surface area contributed by atoms with Crippen molar-refractivity contribution in [2.24, 2.45) is 14.1 Å². The minimum atomic E-state index is 0.818. The minimum absolute atomic E-state index is 0.818. The summed E-state index contributed by atoms with van der Waals surface area (Å²) >= 11 is 0. The molecule has 7 rings (SSSR count). The fourth-order valence-corrected chi connectivity index (χ4v) is 6.69. The van der Waals surface area contributed by atoms with E-state index in [4.69, 9.17) is 9.47 Å². The molecule has 4 heteroatoms. The van der Waals surface area contributed by atoms with Gasteiger partial charge in [-0.25, -0.2) is 9.13 Å². The average Bonchev–Trinajstić information content (AvgIpc) is 3.21. The molecule has 0 saturated heterocycles. The Balaban J connectivity index is 1.49. The van der Waals surface area contributed by atoms with Crippen LogP contribution >= 0.6 is 0 Å². The maximum atomic E-state index is 5.54. The van der Waals surface area contributed by atoms with Crippen LogP contribution in [0.5, 0.6) is 11.5 Å². The molecule has 0 spiro atoms. The predicted octanol–water partition coefficient (Wildman–Crippen LogP) is 9.37. The van der Waals surface area contributed by atoms with Gasteiger partial charge in [-0.2, -0.15) is 0 Å². The van der Waals surface area contributed by atoms with Crippen molar-refractivity contribution in [3.8, 4) is 11.5 Å². The Labute approximate surface area is 306 Å². The van der Waals surface area contributed by atoms with Gasteiger partial charge in [0.1, 0.15) is 25.6 Å². The number of ether oxygens (including phenoxy) is 2. The lowest BCUT2D eigenvalue weighted by Crippen LogP contribution is -2.26. The molecule has 2 heterocycles. The average molecular weight is 679 g/mol. The number of nitrogens with zero attached hydrogens (tertiary/aromatic N) is 2. The summed E-state index contributed by atoms with van der Waals surface area (Å²) in [5, 5.41) is 0. The molecule has 2 aromatic heterocycles. The molecule has 0 aliphatic carbocycles. The molecule has 0 atom stereocenters. The van der Waals surface area contributed by atoms with Gasteiger partial charge in [-0.15, -0.1) is 0 Å². The highest BCUT2D eigenvalue weighted by Crippen LogP contribution is 2.40. The van der Waals surface area contributed by atoms with E-state index in [1.165, 1.54) is 11.1 Å². The van der Waals surface area contributed by atoms with Crippen LogP contribution in [0.1, 0.15) is 44.5 Å². The maximum Gasteiger partial charge on any atom is 0.169 e. The number of aromatic nitrogens is 2.